The van der Waals surface area contributed by atoms with Gasteiger partial charge in [-0.15, -0.1) is 0 Å². The molecule has 2 aromatic rings. The molecule has 0 aliphatic carbocycles. The van der Waals surface area contributed by atoms with Crippen LogP contribution in [0.4, 0.5) is 0 Å². The van der Waals surface area contributed by atoms with Gasteiger partial charge in [0.2, 0.25) is 41.4 Å². The number of nitrogens with zero attached hydrogens (tertiary/aromatic N) is 2. The molecular formula is C35H49N11O9S2. The molecule has 2 aliphatic heterocycles. The van der Waals surface area contributed by atoms with Gasteiger partial charge in [-0.1, -0.05) is 39.8 Å². The number of benzene rings is 1. The van der Waals surface area contributed by atoms with E-state index in [-0.39, 0.29) is 56.2 Å². The second kappa shape index (κ2) is 21.7. The quantitative estimate of drug-likeness (QED) is 0.0534. The molecule has 2 saturated heterocycles. The second-order valence-electron chi connectivity index (χ2n) is 13.5. The summed E-state index contributed by atoms with van der Waals surface area (Å²) in [5.74, 6) is -6.35. The highest BCUT2D eigenvalue weighted by Crippen LogP contribution is 2.25. The van der Waals surface area contributed by atoms with Crippen molar-refractivity contribution in [3.63, 3.8) is 0 Å². The fourth-order valence-corrected chi connectivity index (χ4v) is 8.56. The van der Waals surface area contributed by atoms with Crippen molar-refractivity contribution in [1.29, 1.82) is 0 Å². The number of aliphatic carboxylic acids is 1. The van der Waals surface area contributed by atoms with Gasteiger partial charge < -0.3 is 58.8 Å². The lowest BCUT2D eigenvalue weighted by Crippen LogP contribution is -2.59. The van der Waals surface area contributed by atoms with E-state index >= 15 is 0 Å². The number of aliphatic imine (C=N–C) groups is 1. The van der Waals surface area contributed by atoms with Gasteiger partial charge in [-0.2, -0.15) is 0 Å². The summed E-state index contributed by atoms with van der Waals surface area (Å²) in [6.07, 6.45) is 2.48. The van der Waals surface area contributed by atoms with E-state index in [1.807, 2.05) is 18.2 Å². The number of carbonyl (C=O) groups is 8. The highest BCUT2D eigenvalue weighted by molar-refractivity contribution is 8.76. The molecule has 5 atom stereocenters. The molecule has 2 fully saturated rings. The number of hydrogen-bond donors (Lipinski definition) is 10. The summed E-state index contributed by atoms with van der Waals surface area (Å²) in [5.41, 5.74) is 17.8. The van der Waals surface area contributed by atoms with E-state index in [2.05, 4.69) is 36.6 Å². The Hall–Kier alpha value is -5.51. The van der Waals surface area contributed by atoms with Crippen LogP contribution in [0.15, 0.2) is 35.5 Å². The molecule has 0 spiro atoms. The molecular weight excluding hydrogens is 783 g/mol. The molecule has 2 aliphatic rings. The molecule has 310 valence electrons. The van der Waals surface area contributed by atoms with Crippen molar-refractivity contribution in [2.45, 2.75) is 81.6 Å². The molecule has 0 radical (unpaired) electrons. The van der Waals surface area contributed by atoms with E-state index in [4.69, 9.17) is 17.2 Å². The number of primary amides is 1. The number of amides is 7. The molecule has 1 aromatic carbocycles. The van der Waals surface area contributed by atoms with Crippen molar-refractivity contribution in [2.24, 2.45) is 22.2 Å². The SMILES string of the molecule is NC(=O)C1CSSCCC(=O)N[C@@H](CCCCN=C(N)N)C(=O)NCC(=O)N[C@@H](CC(=O)O)C(=O)NC(Cc2c[nH]c3ccccc23)C(=O)N2CCC[C@H]2C(=O)N1. The van der Waals surface area contributed by atoms with Gasteiger partial charge in [-0.05, 0) is 43.7 Å². The van der Waals surface area contributed by atoms with Crippen LogP contribution in [0.5, 0.6) is 0 Å². The Morgan fingerprint density at radius 1 is 0.877 bits per heavy atom. The summed E-state index contributed by atoms with van der Waals surface area (Å²) in [6.45, 7) is -0.233. The lowest BCUT2D eigenvalue weighted by molar-refractivity contribution is -0.143. The van der Waals surface area contributed by atoms with Crippen LogP contribution in [0.1, 0.15) is 50.5 Å². The highest BCUT2D eigenvalue weighted by atomic mass is 33.1. The molecule has 4 rings (SSSR count). The molecule has 2 unspecified atom stereocenters. The maximum absolute atomic E-state index is 14.3. The fourth-order valence-electron chi connectivity index (χ4n) is 6.39. The number of nitrogens with two attached hydrogens (primary N) is 3. The first-order valence-electron chi connectivity index (χ1n) is 18.4. The number of aromatic nitrogens is 1. The largest absolute Gasteiger partial charge is 0.481 e. The number of fused-ring (bicyclic) bond motifs is 2. The Balaban J connectivity index is 1.61. The number of nitrogens with one attached hydrogen (secondary N) is 6. The van der Waals surface area contributed by atoms with Gasteiger partial charge in [0.1, 0.15) is 30.2 Å². The zero-order chi connectivity index (χ0) is 41.5. The molecule has 0 saturated carbocycles. The molecule has 57 heavy (non-hydrogen) atoms. The molecule has 13 N–H and O–H groups in total. The first kappa shape index (κ1) is 44.2. The van der Waals surface area contributed by atoms with Crippen molar-refractivity contribution >= 4 is 85.8 Å². The monoisotopic (exact) mass is 831 g/mol. The second-order valence-corrected chi connectivity index (χ2v) is 16.1. The number of carboxylic acids is 1. The van der Waals surface area contributed by atoms with Gasteiger partial charge in [0.05, 0.1) is 13.0 Å². The number of H-pyrrole nitrogens is 1. The summed E-state index contributed by atoms with van der Waals surface area (Å²) in [6, 6.07) is 1.07. The lowest BCUT2D eigenvalue weighted by atomic mass is 10.0. The van der Waals surface area contributed by atoms with Gasteiger partial charge in [0, 0.05) is 54.5 Å². The number of rotatable bonds is 10. The fraction of sp³-hybridized carbons (Fsp3) is 0.514. The summed E-state index contributed by atoms with van der Waals surface area (Å²) in [5, 5.41) is 23.1. The number of para-hydroxylation sites is 1. The van der Waals surface area contributed by atoms with Crippen LogP contribution < -0.4 is 43.8 Å². The first-order valence-corrected chi connectivity index (χ1v) is 20.9. The number of hydrogen-bond acceptors (Lipinski definition) is 11. The molecule has 1 aromatic heterocycles. The van der Waals surface area contributed by atoms with Crippen molar-refractivity contribution < 1.29 is 43.5 Å². The molecule has 22 heteroatoms. The molecule has 3 heterocycles. The Kier molecular flexibility index (Phi) is 16.8. The third kappa shape index (κ3) is 13.6. The number of carbonyl (C=O) groups excluding carboxylic acids is 7. The van der Waals surface area contributed by atoms with Crippen LogP contribution in [0, 0.1) is 0 Å². The summed E-state index contributed by atoms with van der Waals surface area (Å²) >= 11 is 0. The predicted molar refractivity (Wildman–Crippen MR) is 213 cm³/mol. The van der Waals surface area contributed by atoms with E-state index in [0.717, 1.165) is 10.9 Å². The van der Waals surface area contributed by atoms with Crippen molar-refractivity contribution in [3.8, 4) is 0 Å². The smallest absolute Gasteiger partial charge is 0.305 e. The zero-order valence-electron chi connectivity index (χ0n) is 31.1. The van der Waals surface area contributed by atoms with Crippen molar-refractivity contribution in [3.05, 3.63) is 36.0 Å². The van der Waals surface area contributed by atoms with E-state index in [0.29, 0.717) is 24.8 Å². The van der Waals surface area contributed by atoms with Crippen molar-refractivity contribution in [2.75, 3.05) is 31.1 Å². The van der Waals surface area contributed by atoms with Gasteiger partial charge in [0.25, 0.3) is 0 Å². The van der Waals surface area contributed by atoms with Crippen molar-refractivity contribution in [1.82, 2.24) is 36.5 Å². The lowest BCUT2D eigenvalue weighted by Gasteiger charge is -2.30. The maximum atomic E-state index is 14.3. The van der Waals surface area contributed by atoms with Gasteiger partial charge in [0.15, 0.2) is 5.96 Å². The number of unbranched alkanes of at least 4 members (excludes halogenated alkanes) is 1. The average Bonchev–Trinajstić information content (AvgIpc) is 3.82. The topological polar surface area (TPSA) is 326 Å². The Bertz CT molecular complexity index is 1840. The summed E-state index contributed by atoms with van der Waals surface area (Å²) in [4.78, 5) is 114. The van der Waals surface area contributed by atoms with Gasteiger partial charge in [-0.3, -0.25) is 43.3 Å². The first-order chi connectivity index (χ1) is 27.2. The number of carboxylic acid groups (broad SMARTS) is 1. The minimum Gasteiger partial charge on any atom is -0.481 e. The Labute approximate surface area is 335 Å². The highest BCUT2D eigenvalue weighted by Gasteiger charge is 2.40. The standard InChI is InChI=1S/C35H49N11O9S2/c36-30(51)25-18-57-56-13-10-27(47)42-22(8-3-4-11-39-35(37)38)31(52)41-17-28(48)43-23(15-29(49)50)32(53)44-24(14-19-16-40-21-7-2-1-6-20(19)21)34(55)46-12-5-9-26(46)33(54)45-25/h1-2,6-7,16,22-26,40H,3-5,8-15,17-18H2,(H2,36,51)(H,41,52)(H,42,47)(H,43,48)(H,44,53)(H,45,54)(H,49,50)(H4,37,38,39)/t22-,23-,24?,25?,26-/m0/s1. The van der Waals surface area contributed by atoms with E-state index < -0.39 is 90.5 Å². The molecule has 20 nitrogen and oxygen atoms in total. The normalized spacial score (nSPS) is 23.6. The third-order valence-electron chi connectivity index (χ3n) is 9.24. The molecule has 0 bridgehead atoms. The zero-order valence-corrected chi connectivity index (χ0v) is 32.8. The van der Waals surface area contributed by atoms with Crippen LogP contribution in [-0.4, -0.2) is 130 Å². The van der Waals surface area contributed by atoms with Crippen LogP contribution in [0.2, 0.25) is 0 Å². The van der Waals surface area contributed by atoms with E-state index in [1.54, 1.807) is 12.3 Å². The minimum absolute atomic E-state index is 0.0195. The minimum atomic E-state index is -1.68. The summed E-state index contributed by atoms with van der Waals surface area (Å²) in [7, 11) is 2.45. The average molecular weight is 832 g/mol. The maximum Gasteiger partial charge on any atom is 0.305 e. The van der Waals surface area contributed by atoms with Crippen LogP contribution in [0.25, 0.3) is 10.9 Å². The number of aromatic amines is 1. The number of guanidine groups is 1. The summed E-state index contributed by atoms with van der Waals surface area (Å²) < 4.78 is 0. The van der Waals surface area contributed by atoms with Crippen LogP contribution in [-0.2, 0) is 44.8 Å². The Morgan fingerprint density at radius 3 is 2.37 bits per heavy atom. The van der Waals surface area contributed by atoms with E-state index in [1.165, 1.54) is 26.5 Å². The van der Waals surface area contributed by atoms with Gasteiger partial charge >= 0.3 is 5.97 Å². The predicted octanol–water partition coefficient (Wildman–Crippen LogP) is -2.05. The molecule has 7 amide bonds. The van der Waals surface area contributed by atoms with Crippen LogP contribution in [0.3, 0.4) is 0 Å². The Morgan fingerprint density at radius 2 is 1.63 bits per heavy atom. The van der Waals surface area contributed by atoms with E-state index in [9.17, 15) is 43.5 Å². The third-order valence-corrected chi connectivity index (χ3v) is 11.7. The van der Waals surface area contributed by atoms with Gasteiger partial charge in [-0.25, -0.2) is 0 Å². The van der Waals surface area contributed by atoms with Crippen LogP contribution >= 0.6 is 21.6 Å².